The first kappa shape index (κ1) is 17.8. The first-order chi connectivity index (χ1) is 11.8. The predicted molar refractivity (Wildman–Crippen MR) is 97.4 cm³/mol. The van der Waals surface area contributed by atoms with E-state index >= 15 is 0 Å². The zero-order chi connectivity index (χ0) is 17.0. The molecule has 0 aliphatic carbocycles. The summed E-state index contributed by atoms with van der Waals surface area (Å²) in [4.78, 5) is 4.33. The molecular weight excluding hydrogens is 302 g/mol. The lowest BCUT2D eigenvalue weighted by Gasteiger charge is -2.07. The molecule has 0 unspecified atom stereocenters. The van der Waals surface area contributed by atoms with E-state index in [0.29, 0.717) is 12.5 Å². The molecule has 2 aromatic carbocycles. The van der Waals surface area contributed by atoms with Crippen LogP contribution in [0.3, 0.4) is 0 Å². The average Bonchev–Trinajstić information content (AvgIpc) is 2.62. The third-order valence-electron chi connectivity index (χ3n) is 3.31. The number of nitrogens with one attached hydrogen (secondary N) is 1. The molecule has 2 rings (SSSR count). The predicted octanol–water partition coefficient (Wildman–Crippen LogP) is 3.31. The summed E-state index contributed by atoms with van der Waals surface area (Å²) in [6.45, 7) is 4.77. The van der Waals surface area contributed by atoms with Crippen molar-refractivity contribution in [3.05, 3.63) is 60.2 Å². The molecule has 128 valence electrons. The van der Waals surface area contributed by atoms with E-state index in [2.05, 4.69) is 10.3 Å². The van der Waals surface area contributed by atoms with Crippen LogP contribution in [0.4, 0.5) is 0 Å². The third kappa shape index (κ3) is 6.71. The van der Waals surface area contributed by atoms with Crippen LogP contribution in [0.15, 0.2) is 59.6 Å². The van der Waals surface area contributed by atoms with Crippen LogP contribution in [0.2, 0.25) is 0 Å². The number of hydrogen-bond donors (Lipinski definition) is 2. The molecule has 0 saturated heterocycles. The van der Waals surface area contributed by atoms with Crippen LogP contribution in [-0.2, 0) is 11.3 Å². The number of rotatable bonds is 9. The van der Waals surface area contributed by atoms with Crippen LogP contribution in [0.25, 0.3) is 0 Å². The van der Waals surface area contributed by atoms with Gasteiger partial charge >= 0.3 is 0 Å². The van der Waals surface area contributed by atoms with E-state index in [1.54, 1.807) is 0 Å². The topological polar surface area (TPSA) is 68.9 Å². The molecule has 0 heterocycles. The van der Waals surface area contributed by atoms with Gasteiger partial charge in [-0.05, 0) is 43.2 Å². The van der Waals surface area contributed by atoms with Crippen LogP contribution >= 0.6 is 0 Å². The lowest BCUT2D eigenvalue weighted by atomic mass is 10.2. The van der Waals surface area contributed by atoms with Gasteiger partial charge in [0.25, 0.3) is 0 Å². The van der Waals surface area contributed by atoms with Gasteiger partial charge in [-0.1, -0.05) is 30.3 Å². The Morgan fingerprint density at radius 3 is 2.46 bits per heavy atom. The minimum Gasteiger partial charge on any atom is -0.457 e. The largest absolute Gasteiger partial charge is 0.457 e. The minimum absolute atomic E-state index is 0.455. The number of benzene rings is 2. The van der Waals surface area contributed by atoms with Crippen molar-refractivity contribution in [1.82, 2.24) is 5.32 Å². The molecule has 2 aromatic rings. The zero-order valence-corrected chi connectivity index (χ0v) is 14.1. The summed E-state index contributed by atoms with van der Waals surface area (Å²) in [5.41, 5.74) is 6.92. The summed E-state index contributed by atoms with van der Waals surface area (Å²) in [6.07, 6.45) is 0.912. The summed E-state index contributed by atoms with van der Waals surface area (Å²) in [5, 5.41) is 3.08. The molecule has 24 heavy (non-hydrogen) atoms. The molecule has 0 aliphatic rings. The number of hydrogen-bond acceptors (Lipinski definition) is 3. The van der Waals surface area contributed by atoms with Gasteiger partial charge in [-0.3, -0.25) is 0 Å². The van der Waals surface area contributed by atoms with E-state index in [-0.39, 0.29) is 0 Å². The fourth-order valence-electron chi connectivity index (χ4n) is 2.05. The maximum Gasteiger partial charge on any atom is 0.188 e. The zero-order valence-electron chi connectivity index (χ0n) is 14.1. The first-order valence-electron chi connectivity index (χ1n) is 8.21. The van der Waals surface area contributed by atoms with Crippen molar-refractivity contribution in [3.8, 4) is 11.5 Å². The Labute approximate surface area is 143 Å². The Morgan fingerprint density at radius 1 is 1.04 bits per heavy atom. The number of ether oxygens (including phenoxy) is 2. The van der Waals surface area contributed by atoms with Gasteiger partial charge in [0, 0.05) is 19.8 Å². The smallest absolute Gasteiger partial charge is 0.188 e. The summed E-state index contributed by atoms with van der Waals surface area (Å²) in [5.74, 6) is 2.08. The normalized spacial score (nSPS) is 11.3. The Morgan fingerprint density at radius 2 is 1.75 bits per heavy atom. The first-order valence-corrected chi connectivity index (χ1v) is 8.21. The Balaban J connectivity index is 1.75. The molecule has 5 heteroatoms. The number of nitrogens with zero attached hydrogens (tertiary/aromatic N) is 1. The van der Waals surface area contributed by atoms with E-state index in [9.17, 15) is 0 Å². The van der Waals surface area contributed by atoms with Crippen LogP contribution in [0.1, 0.15) is 18.9 Å². The van der Waals surface area contributed by atoms with Gasteiger partial charge in [0.15, 0.2) is 5.96 Å². The summed E-state index contributed by atoms with van der Waals surface area (Å²) in [6, 6.07) is 17.6. The van der Waals surface area contributed by atoms with E-state index in [0.717, 1.165) is 43.2 Å². The van der Waals surface area contributed by atoms with Crippen LogP contribution in [-0.4, -0.2) is 25.7 Å². The van der Waals surface area contributed by atoms with Crippen LogP contribution in [0.5, 0.6) is 11.5 Å². The molecule has 0 amide bonds. The highest BCUT2D eigenvalue weighted by Gasteiger charge is 1.98. The molecule has 3 N–H and O–H groups in total. The van der Waals surface area contributed by atoms with Gasteiger partial charge in [0.1, 0.15) is 11.5 Å². The molecule has 0 radical (unpaired) electrons. The van der Waals surface area contributed by atoms with Crippen LogP contribution < -0.4 is 15.8 Å². The highest BCUT2D eigenvalue weighted by Crippen LogP contribution is 2.21. The lowest BCUT2D eigenvalue weighted by molar-refractivity contribution is 0.145. The molecular formula is C19H25N3O2. The molecule has 0 fully saturated rings. The van der Waals surface area contributed by atoms with Gasteiger partial charge in [0.05, 0.1) is 6.54 Å². The summed E-state index contributed by atoms with van der Waals surface area (Å²) < 4.78 is 11.0. The van der Waals surface area contributed by atoms with Crippen molar-refractivity contribution in [2.45, 2.75) is 19.9 Å². The van der Waals surface area contributed by atoms with Crippen molar-refractivity contribution in [3.63, 3.8) is 0 Å². The Kier molecular flexibility index (Phi) is 7.63. The van der Waals surface area contributed by atoms with Gasteiger partial charge in [-0.2, -0.15) is 0 Å². The molecule has 0 aromatic heterocycles. The second-order valence-corrected chi connectivity index (χ2v) is 5.24. The van der Waals surface area contributed by atoms with E-state index in [4.69, 9.17) is 15.2 Å². The third-order valence-corrected chi connectivity index (χ3v) is 3.31. The standard InChI is InChI=1S/C19H25N3O2/c1-2-23-14-6-13-21-19(20)22-15-16-9-11-18(12-10-16)24-17-7-4-3-5-8-17/h3-5,7-12H,2,6,13-15H2,1H3,(H3,20,21,22). The Bertz CT molecular complexity index is 612. The van der Waals surface area contributed by atoms with E-state index in [1.807, 2.05) is 61.5 Å². The minimum atomic E-state index is 0.455. The monoisotopic (exact) mass is 327 g/mol. The maximum atomic E-state index is 5.84. The SMILES string of the molecule is CCOCCCNC(N)=NCc1ccc(Oc2ccccc2)cc1. The van der Waals surface area contributed by atoms with Gasteiger partial charge in [-0.25, -0.2) is 4.99 Å². The average molecular weight is 327 g/mol. The van der Waals surface area contributed by atoms with Gasteiger partial charge in [-0.15, -0.1) is 0 Å². The second kappa shape index (κ2) is 10.3. The highest BCUT2D eigenvalue weighted by atomic mass is 16.5. The fraction of sp³-hybridized carbons (Fsp3) is 0.316. The molecule has 0 aliphatic heterocycles. The van der Waals surface area contributed by atoms with Crippen molar-refractivity contribution < 1.29 is 9.47 Å². The van der Waals surface area contributed by atoms with Crippen molar-refractivity contribution >= 4 is 5.96 Å². The fourth-order valence-corrected chi connectivity index (χ4v) is 2.05. The quantitative estimate of drug-likeness (QED) is 0.421. The van der Waals surface area contributed by atoms with E-state index < -0.39 is 0 Å². The molecule has 0 bridgehead atoms. The van der Waals surface area contributed by atoms with Crippen LogP contribution in [0, 0.1) is 0 Å². The molecule has 0 spiro atoms. The van der Waals surface area contributed by atoms with E-state index in [1.165, 1.54) is 0 Å². The van der Waals surface area contributed by atoms with Crippen molar-refractivity contribution in [1.29, 1.82) is 0 Å². The van der Waals surface area contributed by atoms with Crippen molar-refractivity contribution in [2.75, 3.05) is 19.8 Å². The van der Waals surface area contributed by atoms with Gasteiger partial charge in [0.2, 0.25) is 0 Å². The Hall–Kier alpha value is -2.53. The lowest BCUT2D eigenvalue weighted by Crippen LogP contribution is -2.32. The van der Waals surface area contributed by atoms with Gasteiger partial charge < -0.3 is 20.5 Å². The second-order valence-electron chi connectivity index (χ2n) is 5.24. The number of aliphatic imine (C=N–C) groups is 1. The molecule has 0 atom stereocenters. The summed E-state index contributed by atoms with van der Waals surface area (Å²) in [7, 11) is 0. The highest BCUT2D eigenvalue weighted by molar-refractivity contribution is 5.77. The molecule has 5 nitrogen and oxygen atoms in total. The number of nitrogens with two attached hydrogens (primary N) is 1. The number of para-hydroxylation sites is 1. The number of guanidine groups is 1. The van der Waals surface area contributed by atoms with Crippen molar-refractivity contribution in [2.24, 2.45) is 10.7 Å². The summed E-state index contributed by atoms with van der Waals surface area (Å²) >= 11 is 0. The maximum absolute atomic E-state index is 5.84. The molecule has 0 saturated carbocycles.